The molecule has 1 N–H and O–H groups in total. The van der Waals surface area contributed by atoms with Gasteiger partial charge in [0.15, 0.2) is 17.1 Å². The Hall–Kier alpha value is -3.09. The molecule has 0 bridgehead atoms. The van der Waals surface area contributed by atoms with Gasteiger partial charge in [0.25, 0.3) is 0 Å². The summed E-state index contributed by atoms with van der Waals surface area (Å²) < 4.78 is 12.6. The predicted molar refractivity (Wildman–Crippen MR) is 80.4 cm³/mol. The number of nitrogens with one attached hydrogen (secondary N) is 1. The van der Waals surface area contributed by atoms with E-state index < -0.39 is 0 Å². The quantitative estimate of drug-likeness (QED) is 0.800. The summed E-state index contributed by atoms with van der Waals surface area (Å²) in [5.41, 5.74) is 0.566. The van der Waals surface area contributed by atoms with Crippen LogP contribution in [0.4, 0.5) is 5.95 Å². The van der Waals surface area contributed by atoms with E-state index in [0.717, 1.165) is 0 Å². The summed E-state index contributed by atoms with van der Waals surface area (Å²) >= 11 is 0. The summed E-state index contributed by atoms with van der Waals surface area (Å²) in [5.74, 6) is 1.88. The van der Waals surface area contributed by atoms with E-state index in [4.69, 9.17) is 9.47 Å². The maximum atomic E-state index is 11.0. The number of methoxy groups -OCH3 is 1. The van der Waals surface area contributed by atoms with Crippen molar-refractivity contribution in [2.45, 2.75) is 6.92 Å². The smallest absolute Gasteiger partial charge is 0.249 e. The van der Waals surface area contributed by atoms with E-state index >= 15 is 0 Å². The van der Waals surface area contributed by atoms with Crippen LogP contribution < -0.4 is 14.8 Å². The molecule has 0 unspecified atom stereocenters. The maximum Gasteiger partial charge on any atom is 0.249 e. The van der Waals surface area contributed by atoms with Crippen LogP contribution in [0.3, 0.4) is 0 Å². The van der Waals surface area contributed by atoms with Crippen LogP contribution in [0.1, 0.15) is 6.92 Å². The van der Waals surface area contributed by atoms with Gasteiger partial charge in [-0.3, -0.25) is 10.1 Å². The number of benzene rings is 1. The lowest BCUT2D eigenvalue weighted by atomic mass is 10.3. The first-order valence-electron chi connectivity index (χ1n) is 6.60. The lowest BCUT2D eigenvalue weighted by molar-refractivity contribution is -0.114. The van der Waals surface area contributed by atoms with Gasteiger partial charge in [0.1, 0.15) is 5.75 Å². The molecular formula is C15H14N4O3. The van der Waals surface area contributed by atoms with Crippen molar-refractivity contribution in [3.63, 3.8) is 0 Å². The van der Waals surface area contributed by atoms with Crippen molar-refractivity contribution in [1.82, 2.24) is 14.6 Å². The fraction of sp³-hybridized carbons (Fsp3) is 0.133. The Bertz CT molecular complexity index is 829. The summed E-state index contributed by atoms with van der Waals surface area (Å²) in [6.45, 7) is 1.40. The van der Waals surface area contributed by atoms with Crippen molar-refractivity contribution in [1.29, 1.82) is 0 Å². The number of aromatic nitrogens is 3. The molecule has 0 aliphatic rings. The van der Waals surface area contributed by atoms with Gasteiger partial charge in [0, 0.05) is 19.2 Å². The minimum absolute atomic E-state index is 0.221. The predicted octanol–water partition coefficient (Wildman–Crippen LogP) is 2.49. The standard InChI is InChI=1S/C15H14N4O3/c1-10(20)16-15-17-14-9-11(7-8-19(14)18-15)22-13-6-4-3-5-12(13)21-2/h3-9H,1-2H3,(H,16,18,20). The highest BCUT2D eigenvalue weighted by atomic mass is 16.5. The topological polar surface area (TPSA) is 77.8 Å². The molecule has 7 nitrogen and oxygen atoms in total. The molecule has 112 valence electrons. The lowest BCUT2D eigenvalue weighted by Gasteiger charge is -2.09. The Morgan fingerprint density at radius 2 is 2.00 bits per heavy atom. The normalized spacial score (nSPS) is 10.5. The molecule has 0 saturated heterocycles. The van der Waals surface area contributed by atoms with E-state index in [1.165, 1.54) is 6.92 Å². The van der Waals surface area contributed by atoms with Crippen LogP contribution in [0, 0.1) is 0 Å². The van der Waals surface area contributed by atoms with E-state index in [2.05, 4.69) is 15.4 Å². The average molecular weight is 298 g/mol. The number of ether oxygens (including phenoxy) is 2. The number of para-hydroxylation sites is 2. The number of hydrogen-bond donors (Lipinski definition) is 1. The average Bonchev–Trinajstić information content (AvgIpc) is 2.88. The number of hydrogen-bond acceptors (Lipinski definition) is 5. The van der Waals surface area contributed by atoms with Crippen molar-refractivity contribution < 1.29 is 14.3 Å². The summed E-state index contributed by atoms with van der Waals surface area (Å²) in [4.78, 5) is 15.2. The van der Waals surface area contributed by atoms with Crippen LogP contribution in [0.15, 0.2) is 42.6 Å². The van der Waals surface area contributed by atoms with Gasteiger partial charge in [-0.25, -0.2) is 4.52 Å². The summed E-state index contributed by atoms with van der Waals surface area (Å²) in [5, 5.41) is 6.67. The molecule has 0 fully saturated rings. The SMILES string of the molecule is COc1ccccc1Oc1ccn2nc(NC(C)=O)nc2c1. The third-order valence-electron chi connectivity index (χ3n) is 2.89. The van der Waals surface area contributed by atoms with Crippen molar-refractivity contribution in [3.05, 3.63) is 42.6 Å². The molecule has 1 aromatic carbocycles. The van der Waals surface area contributed by atoms with Crippen LogP contribution >= 0.6 is 0 Å². The van der Waals surface area contributed by atoms with Gasteiger partial charge >= 0.3 is 0 Å². The number of anilines is 1. The molecule has 0 radical (unpaired) electrons. The molecule has 2 heterocycles. The number of amides is 1. The van der Waals surface area contributed by atoms with Gasteiger partial charge in [0.05, 0.1) is 7.11 Å². The van der Waals surface area contributed by atoms with Gasteiger partial charge in [0.2, 0.25) is 11.9 Å². The van der Waals surface area contributed by atoms with Gasteiger partial charge < -0.3 is 9.47 Å². The van der Waals surface area contributed by atoms with E-state index in [-0.39, 0.29) is 11.9 Å². The highest BCUT2D eigenvalue weighted by molar-refractivity contribution is 5.86. The molecule has 0 atom stereocenters. The Morgan fingerprint density at radius 3 is 2.73 bits per heavy atom. The Labute approximate surface area is 126 Å². The summed E-state index contributed by atoms with van der Waals surface area (Å²) in [6, 6.07) is 10.8. The molecule has 2 aromatic heterocycles. The lowest BCUT2D eigenvalue weighted by Crippen LogP contribution is -2.07. The van der Waals surface area contributed by atoms with Crippen molar-refractivity contribution >= 4 is 17.5 Å². The molecular weight excluding hydrogens is 284 g/mol. The first-order valence-corrected chi connectivity index (χ1v) is 6.60. The summed E-state index contributed by atoms with van der Waals surface area (Å²) in [6.07, 6.45) is 1.71. The monoisotopic (exact) mass is 298 g/mol. The molecule has 0 spiro atoms. The zero-order valence-electron chi connectivity index (χ0n) is 12.1. The molecule has 0 aliphatic heterocycles. The largest absolute Gasteiger partial charge is 0.493 e. The minimum Gasteiger partial charge on any atom is -0.493 e. The second kappa shape index (κ2) is 5.72. The van der Waals surface area contributed by atoms with E-state index in [9.17, 15) is 4.79 Å². The highest BCUT2D eigenvalue weighted by Crippen LogP contribution is 2.31. The fourth-order valence-electron chi connectivity index (χ4n) is 1.97. The molecule has 7 heteroatoms. The third-order valence-corrected chi connectivity index (χ3v) is 2.89. The molecule has 3 aromatic rings. The molecule has 1 amide bonds. The zero-order valence-corrected chi connectivity index (χ0v) is 12.1. The highest BCUT2D eigenvalue weighted by Gasteiger charge is 2.08. The van der Waals surface area contributed by atoms with Crippen molar-refractivity contribution in [2.75, 3.05) is 12.4 Å². The first-order chi connectivity index (χ1) is 10.7. The Balaban J connectivity index is 1.90. The number of rotatable bonds is 4. The second-order valence-electron chi connectivity index (χ2n) is 4.53. The van der Waals surface area contributed by atoms with Crippen molar-refractivity contribution in [2.24, 2.45) is 0 Å². The number of carbonyl (C=O) groups is 1. The zero-order chi connectivity index (χ0) is 15.5. The number of pyridine rings is 1. The number of nitrogens with zero attached hydrogens (tertiary/aromatic N) is 3. The first kappa shape index (κ1) is 13.9. The van der Waals surface area contributed by atoms with Crippen LogP contribution in [0.5, 0.6) is 17.2 Å². The summed E-state index contributed by atoms with van der Waals surface area (Å²) in [7, 11) is 1.59. The van der Waals surface area contributed by atoms with Gasteiger partial charge in [-0.05, 0) is 18.2 Å². The molecule has 3 rings (SSSR count). The van der Waals surface area contributed by atoms with Crippen LogP contribution in [0.2, 0.25) is 0 Å². The van der Waals surface area contributed by atoms with Gasteiger partial charge in [-0.15, -0.1) is 5.10 Å². The number of carbonyl (C=O) groups excluding carboxylic acids is 1. The van der Waals surface area contributed by atoms with Crippen molar-refractivity contribution in [3.8, 4) is 17.2 Å². The Morgan fingerprint density at radius 1 is 1.23 bits per heavy atom. The van der Waals surface area contributed by atoms with Crippen LogP contribution in [-0.2, 0) is 4.79 Å². The molecule has 22 heavy (non-hydrogen) atoms. The third kappa shape index (κ3) is 2.83. The molecule has 0 saturated carbocycles. The second-order valence-corrected chi connectivity index (χ2v) is 4.53. The van der Waals surface area contributed by atoms with E-state index in [1.54, 1.807) is 30.0 Å². The Kier molecular flexibility index (Phi) is 3.61. The van der Waals surface area contributed by atoms with Gasteiger partial charge in [-0.2, -0.15) is 4.98 Å². The van der Waals surface area contributed by atoms with Gasteiger partial charge in [-0.1, -0.05) is 12.1 Å². The maximum absolute atomic E-state index is 11.0. The number of fused-ring (bicyclic) bond motifs is 1. The minimum atomic E-state index is -0.221. The van der Waals surface area contributed by atoms with Crippen LogP contribution in [-0.4, -0.2) is 27.6 Å². The molecule has 0 aliphatic carbocycles. The fourth-order valence-corrected chi connectivity index (χ4v) is 1.97. The van der Waals surface area contributed by atoms with E-state index in [0.29, 0.717) is 22.9 Å². The van der Waals surface area contributed by atoms with E-state index in [1.807, 2.05) is 24.3 Å². The van der Waals surface area contributed by atoms with Crippen LogP contribution in [0.25, 0.3) is 5.65 Å².